The standard InChI is InChI=1S/C51H38OP2/c52-54(44-31-15-5-16-32-44,45-33-17-6-18-34-45)51-38-22-20-36-47(51)49(41-25-9-2-10-26-41)39-48(40-23-7-1-8-24-40)46-35-19-21-37-50(46)53(42-27-11-3-12-28-42)43-29-13-4-14-30-43/h1-38H. The molecule has 3 heteroatoms. The maximum Gasteiger partial charge on any atom is 0.171 e. The van der Waals surface area contributed by atoms with E-state index in [4.69, 9.17) is 0 Å². The van der Waals surface area contributed by atoms with Gasteiger partial charge in [0.25, 0.3) is 0 Å². The molecule has 0 aromatic heterocycles. The number of rotatable bonds is 10. The summed E-state index contributed by atoms with van der Waals surface area (Å²) in [5.41, 5.74) is 9.98. The third-order valence-corrected chi connectivity index (χ3v) is 15.2. The van der Waals surface area contributed by atoms with Gasteiger partial charge in [0.05, 0.1) is 0 Å². The second kappa shape index (κ2) is 16.3. The van der Waals surface area contributed by atoms with Crippen molar-refractivity contribution in [2.45, 2.75) is 0 Å². The van der Waals surface area contributed by atoms with Crippen molar-refractivity contribution in [3.05, 3.63) is 259 Å². The van der Waals surface area contributed by atoms with Crippen molar-refractivity contribution >= 4 is 58.0 Å². The van der Waals surface area contributed by atoms with Crippen LogP contribution in [0.25, 0.3) is 11.1 Å². The van der Waals surface area contributed by atoms with E-state index in [0.29, 0.717) is 0 Å². The van der Waals surface area contributed by atoms with E-state index in [-0.39, 0.29) is 0 Å². The highest BCUT2D eigenvalue weighted by Crippen LogP contribution is 2.45. The van der Waals surface area contributed by atoms with Gasteiger partial charge in [-0.15, -0.1) is 5.73 Å². The quantitative estimate of drug-likeness (QED) is 0.101. The van der Waals surface area contributed by atoms with Crippen LogP contribution < -0.4 is 31.8 Å². The van der Waals surface area contributed by atoms with Crippen LogP contribution in [0.5, 0.6) is 0 Å². The Kier molecular flexibility index (Phi) is 10.6. The highest BCUT2D eigenvalue weighted by molar-refractivity contribution is 7.85. The second-order valence-corrected chi connectivity index (χ2v) is 17.8. The molecule has 0 N–H and O–H groups in total. The van der Waals surface area contributed by atoms with E-state index in [0.717, 1.165) is 49.3 Å². The van der Waals surface area contributed by atoms with Crippen LogP contribution in [0, 0.1) is 0 Å². The van der Waals surface area contributed by atoms with E-state index in [1.807, 2.05) is 84.9 Å². The summed E-state index contributed by atoms with van der Waals surface area (Å²) >= 11 is 0. The van der Waals surface area contributed by atoms with E-state index in [1.165, 1.54) is 15.9 Å². The third kappa shape index (κ3) is 7.15. The van der Waals surface area contributed by atoms with Gasteiger partial charge < -0.3 is 4.57 Å². The Morgan fingerprint density at radius 2 is 0.722 bits per heavy atom. The maximum atomic E-state index is 16.0. The molecule has 258 valence electrons. The molecule has 0 saturated carbocycles. The monoisotopic (exact) mass is 728 g/mol. The largest absolute Gasteiger partial charge is 0.309 e. The van der Waals surface area contributed by atoms with Crippen molar-refractivity contribution in [1.29, 1.82) is 0 Å². The molecule has 1 nitrogen and oxygen atoms in total. The van der Waals surface area contributed by atoms with Crippen LogP contribution in [0.4, 0.5) is 0 Å². The fraction of sp³-hybridized carbons (Fsp3) is 0. The van der Waals surface area contributed by atoms with Gasteiger partial charge in [0.2, 0.25) is 0 Å². The minimum absolute atomic E-state index is 0.783. The molecular formula is C51H38OP2. The molecule has 8 aromatic rings. The van der Waals surface area contributed by atoms with Gasteiger partial charge in [-0.1, -0.05) is 231 Å². The maximum absolute atomic E-state index is 16.0. The topological polar surface area (TPSA) is 17.1 Å². The first-order valence-electron chi connectivity index (χ1n) is 18.1. The summed E-state index contributed by atoms with van der Waals surface area (Å²) in [4.78, 5) is 0. The summed E-state index contributed by atoms with van der Waals surface area (Å²) in [6.07, 6.45) is 0. The first-order valence-corrected chi connectivity index (χ1v) is 21.2. The Morgan fingerprint density at radius 3 is 1.20 bits per heavy atom. The van der Waals surface area contributed by atoms with Gasteiger partial charge in [0.15, 0.2) is 7.14 Å². The average Bonchev–Trinajstić information content (AvgIpc) is 3.26. The molecule has 0 bridgehead atoms. The van der Waals surface area contributed by atoms with E-state index in [1.54, 1.807) is 0 Å². The molecule has 0 aliphatic heterocycles. The Labute approximate surface area is 319 Å². The molecule has 54 heavy (non-hydrogen) atoms. The fourth-order valence-electron chi connectivity index (χ4n) is 7.05. The lowest BCUT2D eigenvalue weighted by Crippen LogP contribution is -2.27. The minimum atomic E-state index is -3.35. The zero-order valence-electron chi connectivity index (χ0n) is 29.7. The molecule has 8 rings (SSSR count). The SMILES string of the molecule is O=P(c1ccccc1)(c1ccccc1)c1ccccc1C(=C=C(c1ccccc1)c1ccccc1P(c1ccccc1)c1ccccc1)c1ccccc1. The van der Waals surface area contributed by atoms with Crippen LogP contribution in [-0.4, -0.2) is 0 Å². The summed E-state index contributed by atoms with van der Waals surface area (Å²) in [7, 11) is -4.27. The van der Waals surface area contributed by atoms with E-state index in [9.17, 15) is 0 Å². The van der Waals surface area contributed by atoms with Crippen molar-refractivity contribution < 1.29 is 4.57 Å². The Hall–Kier alpha value is -6.06. The molecular weight excluding hydrogens is 691 g/mol. The third-order valence-electron chi connectivity index (χ3n) is 9.57. The lowest BCUT2D eigenvalue weighted by atomic mass is 9.93. The van der Waals surface area contributed by atoms with E-state index in [2.05, 4.69) is 151 Å². The highest BCUT2D eigenvalue weighted by Gasteiger charge is 2.33. The van der Waals surface area contributed by atoms with E-state index < -0.39 is 15.1 Å². The molecule has 0 spiro atoms. The minimum Gasteiger partial charge on any atom is -0.309 e. The van der Waals surface area contributed by atoms with Gasteiger partial charge in [0, 0.05) is 32.6 Å². The zero-order valence-corrected chi connectivity index (χ0v) is 31.5. The first kappa shape index (κ1) is 35.0. The van der Waals surface area contributed by atoms with Crippen LogP contribution in [0.15, 0.2) is 236 Å². The number of hydrogen-bond donors (Lipinski definition) is 0. The van der Waals surface area contributed by atoms with Crippen LogP contribution in [0.1, 0.15) is 22.3 Å². The smallest absolute Gasteiger partial charge is 0.171 e. The summed E-state index contributed by atoms with van der Waals surface area (Å²) in [5.74, 6) is 0. The summed E-state index contributed by atoms with van der Waals surface area (Å²) < 4.78 is 16.0. The second-order valence-electron chi connectivity index (χ2n) is 12.9. The molecule has 0 radical (unpaired) electrons. The van der Waals surface area contributed by atoms with Crippen molar-refractivity contribution in [3.63, 3.8) is 0 Å². The Bertz CT molecular complexity index is 2500. The average molecular weight is 729 g/mol. The molecule has 0 fully saturated rings. The lowest BCUT2D eigenvalue weighted by molar-refractivity contribution is 0.592. The van der Waals surface area contributed by atoms with Crippen LogP contribution in [-0.2, 0) is 4.57 Å². The molecule has 0 unspecified atom stereocenters. The van der Waals surface area contributed by atoms with Gasteiger partial charge >= 0.3 is 0 Å². The van der Waals surface area contributed by atoms with Gasteiger partial charge in [-0.2, -0.15) is 0 Å². The van der Waals surface area contributed by atoms with Crippen molar-refractivity contribution in [2.75, 3.05) is 0 Å². The van der Waals surface area contributed by atoms with Crippen molar-refractivity contribution in [3.8, 4) is 0 Å². The summed E-state index contributed by atoms with van der Waals surface area (Å²) in [6, 6.07) is 79.5. The Morgan fingerprint density at radius 1 is 0.370 bits per heavy atom. The fourth-order valence-corrected chi connectivity index (χ4v) is 12.4. The van der Waals surface area contributed by atoms with Crippen LogP contribution in [0.3, 0.4) is 0 Å². The zero-order chi connectivity index (χ0) is 36.6. The van der Waals surface area contributed by atoms with Crippen LogP contribution in [0.2, 0.25) is 0 Å². The number of hydrogen-bond acceptors (Lipinski definition) is 1. The molecule has 0 atom stereocenters. The Balaban J connectivity index is 1.48. The predicted octanol–water partition coefficient (Wildman–Crippen LogP) is 10.2. The molecule has 0 saturated heterocycles. The van der Waals surface area contributed by atoms with Crippen molar-refractivity contribution in [2.24, 2.45) is 0 Å². The normalized spacial score (nSPS) is 11.1. The van der Waals surface area contributed by atoms with E-state index >= 15 is 4.57 Å². The highest BCUT2D eigenvalue weighted by atomic mass is 31.2. The van der Waals surface area contributed by atoms with Gasteiger partial charge in [-0.25, -0.2) is 0 Å². The molecule has 0 aliphatic rings. The lowest BCUT2D eigenvalue weighted by Gasteiger charge is -2.24. The van der Waals surface area contributed by atoms with Gasteiger partial charge in [0.1, 0.15) is 0 Å². The molecule has 0 aliphatic carbocycles. The molecule has 0 heterocycles. The van der Waals surface area contributed by atoms with Crippen molar-refractivity contribution in [1.82, 2.24) is 0 Å². The van der Waals surface area contributed by atoms with Gasteiger partial charge in [-0.3, -0.25) is 0 Å². The predicted molar refractivity (Wildman–Crippen MR) is 232 cm³/mol. The first-order chi connectivity index (χ1) is 26.7. The molecule has 8 aromatic carbocycles. The van der Waals surface area contributed by atoms with Crippen LogP contribution >= 0.6 is 15.1 Å². The number of benzene rings is 8. The molecule has 0 amide bonds. The summed E-state index contributed by atoms with van der Waals surface area (Å²) in [6.45, 7) is 0. The summed E-state index contributed by atoms with van der Waals surface area (Å²) in [5, 5.41) is 6.18. The van der Waals surface area contributed by atoms with Gasteiger partial charge in [-0.05, 0) is 40.5 Å².